The summed E-state index contributed by atoms with van der Waals surface area (Å²) in [6, 6.07) is 10.3. The van der Waals surface area contributed by atoms with Gasteiger partial charge in [0.2, 0.25) is 0 Å². The molecule has 1 heteroatoms. The van der Waals surface area contributed by atoms with Crippen molar-refractivity contribution in [3.63, 3.8) is 0 Å². The highest BCUT2D eigenvalue weighted by Crippen LogP contribution is 2.09. The van der Waals surface area contributed by atoms with Gasteiger partial charge in [0, 0.05) is 11.7 Å². The van der Waals surface area contributed by atoms with Crippen molar-refractivity contribution in [3.05, 3.63) is 36.5 Å². The van der Waals surface area contributed by atoms with Crippen LogP contribution in [-0.2, 0) is 0 Å². The van der Waals surface area contributed by atoms with Crippen molar-refractivity contribution < 1.29 is 0 Å². The summed E-state index contributed by atoms with van der Waals surface area (Å²) in [5.74, 6) is 0. The molecule has 2 aromatic rings. The number of benzene rings is 1. The van der Waals surface area contributed by atoms with Crippen LogP contribution in [0.15, 0.2) is 36.5 Å². The summed E-state index contributed by atoms with van der Waals surface area (Å²) < 4.78 is 0. The number of H-pyrrole nitrogens is 1. The number of aromatic nitrogens is 1. The second-order valence-electron chi connectivity index (χ2n) is 5.06. The van der Waals surface area contributed by atoms with Gasteiger partial charge in [-0.15, -0.1) is 0 Å². The molecule has 0 unspecified atom stereocenters. The predicted molar refractivity (Wildman–Crippen MR) is 70.2 cm³/mol. The van der Waals surface area contributed by atoms with Crippen LogP contribution >= 0.6 is 0 Å². The molecule has 0 atom stereocenters. The first kappa shape index (κ1) is 13.8. The van der Waals surface area contributed by atoms with E-state index in [0.717, 1.165) is 0 Å². The van der Waals surface area contributed by atoms with Crippen molar-refractivity contribution in [2.24, 2.45) is 5.41 Å². The molecule has 15 heavy (non-hydrogen) atoms. The first-order chi connectivity index (χ1) is 6.47. The number of fused-ring (bicyclic) bond motifs is 1. The summed E-state index contributed by atoms with van der Waals surface area (Å²) in [6.07, 6.45) is 1.95. The maximum atomic E-state index is 3.12. The third-order valence-corrected chi connectivity index (χ3v) is 1.46. The van der Waals surface area contributed by atoms with E-state index in [0.29, 0.717) is 5.41 Å². The Morgan fingerprint density at radius 1 is 0.933 bits per heavy atom. The topological polar surface area (TPSA) is 15.8 Å². The molecule has 1 aromatic heterocycles. The van der Waals surface area contributed by atoms with Gasteiger partial charge in [0.25, 0.3) is 0 Å². The molecule has 0 radical (unpaired) electrons. The number of para-hydroxylation sites is 1. The molecule has 0 aliphatic rings. The van der Waals surface area contributed by atoms with E-state index in [-0.39, 0.29) is 7.43 Å². The van der Waals surface area contributed by atoms with Crippen molar-refractivity contribution in [1.29, 1.82) is 0 Å². The predicted octanol–water partition coefficient (Wildman–Crippen LogP) is 4.86. The Balaban J connectivity index is 0.000000289. The van der Waals surface area contributed by atoms with Crippen LogP contribution in [0.1, 0.15) is 35.1 Å². The van der Waals surface area contributed by atoms with E-state index in [2.05, 4.69) is 50.9 Å². The third-order valence-electron chi connectivity index (χ3n) is 1.46. The highest BCUT2D eigenvalue weighted by molar-refractivity contribution is 5.78. The Kier molecular flexibility index (Phi) is 5.13. The highest BCUT2D eigenvalue weighted by Gasteiger charge is 1.95. The Labute approximate surface area is 93.5 Å². The lowest BCUT2D eigenvalue weighted by Crippen LogP contribution is -1.93. The van der Waals surface area contributed by atoms with Gasteiger partial charge in [-0.05, 0) is 22.9 Å². The van der Waals surface area contributed by atoms with E-state index >= 15 is 0 Å². The second kappa shape index (κ2) is 5.59. The minimum Gasteiger partial charge on any atom is -0.361 e. The highest BCUT2D eigenvalue weighted by atomic mass is 14.6. The average molecular weight is 205 g/mol. The van der Waals surface area contributed by atoms with Crippen LogP contribution in [0.4, 0.5) is 0 Å². The maximum Gasteiger partial charge on any atom is 0.0453 e. The fourth-order valence-electron chi connectivity index (χ4n) is 0.995. The Morgan fingerprint density at radius 2 is 1.47 bits per heavy atom. The molecule has 2 rings (SSSR count). The van der Waals surface area contributed by atoms with Gasteiger partial charge in [0.1, 0.15) is 0 Å². The van der Waals surface area contributed by atoms with Gasteiger partial charge in [-0.3, -0.25) is 0 Å². The molecule has 0 spiro atoms. The van der Waals surface area contributed by atoms with E-state index in [4.69, 9.17) is 0 Å². The Morgan fingerprint density at radius 3 is 2.00 bits per heavy atom. The molecular formula is C14H23N. The van der Waals surface area contributed by atoms with Crippen molar-refractivity contribution in [2.75, 3.05) is 0 Å². The first-order valence-corrected chi connectivity index (χ1v) is 4.99. The quantitative estimate of drug-likeness (QED) is 0.632. The normalized spacial score (nSPS) is 10.1. The molecule has 0 aliphatic carbocycles. The maximum absolute atomic E-state index is 3.12. The number of aromatic amines is 1. The number of hydrogen-bond donors (Lipinski definition) is 1. The van der Waals surface area contributed by atoms with Gasteiger partial charge in [0.05, 0.1) is 0 Å². The minimum absolute atomic E-state index is 0. The van der Waals surface area contributed by atoms with Crippen molar-refractivity contribution in [2.45, 2.75) is 35.1 Å². The summed E-state index contributed by atoms with van der Waals surface area (Å²) in [5, 5.41) is 1.28. The molecule has 1 aromatic carbocycles. The van der Waals surface area contributed by atoms with Crippen molar-refractivity contribution >= 4 is 10.9 Å². The molecule has 0 bridgehead atoms. The molecule has 84 valence electrons. The van der Waals surface area contributed by atoms with Crippen molar-refractivity contribution in [3.8, 4) is 0 Å². The summed E-state index contributed by atoms with van der Waals surface area (Å²) in [6.45, 7) is 8.75. The Bertz CT molecular complexity index is 343. The van der Waals surface area contributed by atoms with E-state index in [9.17, 15) is 0 Å². The molecule has 0 fully saturated rings. The zero-order valence-electron chi connectivity index (χ0n) is 9.46. The molecule has 1 N–H and O–H groups in total. The summed E-state index contributed by atoms with van der Waals surface area (Å²) in [7, 11) is 0. The summed E-state index contributed by atoms with van der Waals surface area (Å²) >= 11 is 0. The fourth-order valence-corrected chi connectivity index (χ4v) is 0.995. The molecule has 0 saturated heterocycles. The smallest absolute Gasteiger partial charge is 0.0453 e. The minimum atomic E-state index is 0. The van der Waals surface area contributed by atoms with Crippen LogP contribution in [0.25, 0.3) is 10.9 Å². The van der Waals surface area contributed by atoms with Crippen LogP contribution in [-0.4, -0.2) is 4.98 Å². The lowest BCUT2D eigenvalue weighted by atomic mass is 10.0. The number of hydrogen-bond acceptors (Lipinski definition) is 0. The molecule has 0 saturated carbocycles. The van der Waals surface area contributed by atoms with E-state index in [1.54, 1.807) is 0 Å². The van der Waals surface area contributed by atoms with Crippen LogP contribution in [0.3, 0.4) is 0 Å². The van der Waals surface area contributed by atoms with Crippen LogP contribution < -0.4 is 0 Å². The van der Waals surface area contributed by atoms with Crippen LogP contribution in [0.5, 0.6) is 0 Å². The monoisotopic (exact) mass is 205 g/mol. The van der Waals surface area contributed by atoms with E-state index in [1.165, 1.54) is 10.9 Å². The second-order valence-corrected chi connectivity index (χ2v) is 5.06. The van der Waals surface area contributed by atoms with Crippen LogP contribution in [0, 0.1) is 5.41 Å². The zero-order chi connectivity index (χ0) is 10.6. The summed E-state index contributed by atoms with van der Waals surface area (Å²) in [5.41, 5.74) is 1.71. The van der Waals surface area contributed by atoms with Gasteiger partial charge >= 0.3 is 0 Å². The van der Waals surface area contributed by atoms with Gasteiger partial charge in [-0.25, -0.2) is 0 Å². The zero-order valence-corrected chi connectivity index (χ0v) is 9.46. The standard InChI is InChI=1S/C8H7N.C5H12.CH4/c1-2-4-8-7(3-1)5-6-9-8;1-5(2,3)4;/h1-6,9H;1-4H3;1H4. The number of nitrogens with one attached hydrogen (secondary N) is 1. The SMILES string of the molecule is C.CC(C)(C)C.c1ccc2[nH]ccc2c1. The fraction of sp³-hybridized carbons (Fsp3) is 0.429. The molecule has 0 amide bonds. The average Bonchev–Trinajstić information content (AvgIpc) is 2.47. The Hall–Kier alpha value is -1.24. The first-order valence-electron chi connectivity index (χ1n) is 4.99. The molecule has 1 nitrogen and oxygen atoms in total. The van der Waals surface area contributed by atoms with Crippen LogP contribution in [0.2, 0.25) is 0 Å². The molecule has 1 heterocycles. The van der Waals surface area contributed by atoms with Crippen molar-refractivity contribution in [1.82, 2.24) is 4.98 Å². The van der Waals surface area contributed by atoms with E-state index < -0.39 is 0 Å². The van der Waals surface area contributed by atoms with Gasteiger partial charge in [0.15, 0.2) is 0 Å². The molecular weight excluding hydrogens is 182 g/mol. The largest absolute Gasteiger partial charge is 0.361 e. The molecule has 0 aliphatic heterocycles. The van der Waals surface area contributed by atoms with E-state index in [1.807, 2.05) is 18.3 Å². The summed E-state index contributed by atoms with van der Waals surface area (Å²) in [4.78, 5) is 3.12. The third kappa shape index (κ3) is 5.95. The van der Waals surface area contributed by atoms with Gasteiger partial charge in [-0.1, -0.05) is 53.3 Å². The number of rotatable bonds is 0. The lowest BCUT2D eigenvalue weighted by Gasteiger charge is -2.05. The van der Waals surface area contributed by atoms with Gasteiger partial charge < -0.3 is 4.98 Å². The lowest BCUT2D eigenvalue weighted by molar-refractivity contribution is 0.469. The van der Waals surface area contributed by atoms with Gasteiger partial charge in [-0.2, -0.15) is 0 Å².